The average Bonchev–Trinajstić information content (AvgIpc) is 3.47. The van der Waals surface area contributed by atoms with Gasteiger partial charge < -0.3 is 9.72 Å². The molecule has 0 unspecified atom stereocenters. The highest BCUT2D eigenvalue weighted by Crippen LogP contribution is 2.34. The van der Waals surface area contributed by atoms with Crippen LogP contribution in [0.15, 0.2) is 53.3 Å². The van der Waals surface area contributed by atoms with Crippen molar-refractivity contribution in [2.45, 2.75) is 32.1 Å². The van der Waals surface area contributed by atoms with Gasteiger partial charge in [0, 0.05) is 18.2 Å². The van der Waals surface area contributed by atoms with Crippen molar-refractivity contribution >= 4 is 28.5 Å². The molecule has 1 aliphatic heterocycles. The number of rotatable bonds is 6. The Morgan fingerprint density at radius 2 is 1.94 bits per heavy atom. The Bertz CT molecular complexity index is 1400. The summed E-state index contributed by atoms with van der Waals surface area (Å²) < 4.78 is 6.55. The minimum atomic E-state index is -0.861. The second-order valence-corrected chi connectivity index (χ2v) is 8.00. The molecular formula is C24H23N5O4. The number of methoxy groups -OCH3 is 1. The van der Waals surface area contributed by atoms with Crippen LogP contribution in [-0.4, -0.2) is 38.7 Å². The zero-order chi connectivity index (χ0) is 23.1. The van der Waals surface area contributed by atoms with Crippen molar-refractivity contribution in [2.24, 2.45) is 0 Å². The molecule has 1 saturated heterocycles. The lowest BCUT2D eigenvalue weighted by Crippen LogP contribution is -2.31. The fourth-order valence-electron chi connectivity index (χ4n) is 4.37. The van der Waals surface area contributed by atoms with Gasteiger partial charge >= 0.3 is 0 Å². The first-order valence-electron chi connectivity index (χ1n) is 10.8. The molecular weight excluding hydrogens is 422 g/mol. The number of ether oxygens (including phenoxy) is 1. The number of nitrogens with one attached hydrogen (secondary N) is 2. The van der Waals surface area contributed by atoms with E-state index in [0.717, 1.165) is 22.4 Å². The highest BCUT2D eigenvalue weighted by Gasteiger charge is 2.43. The van der Waals surface area contributed by atoms with Gasteiger partial charge in [-0.3, -0.25) is 19.5 Å². The quantitative estimate of drug-likeness (QED) is 0.443. The van der Waals surface area contributed by atoms with Crippen LogP contribution in [0.25, 0.3) is 17.0 Å². The third kappa shape index (κ3) is 3.42. The number of para-hydroxylation sites is 2. The first kappa shape index (κ1) is 20.7. The molecule has 0 spiro atoms. The smallest absolute Gasteiger partial charge is 0.278 e. The molecule has 2 aromatic heterocycles. The topological polar surface area (TPSA) is 113 Å². The molecule has 0 radical (unpaired) electrons. The number of imidazole rings is 1. The highest BCUT2D eigenvalue weighted by molar-refractivity contribution is 6.22. The molecule has 1 aliphatic rings. The molecule has 2 amide bonds. The molecule has 0 aliphatic carbocycles. The van der Waals surface area contributed by atoms with Crippen LogP contribution in [0.2, 0.25) is 0 Å². The molecule has 2 aromatic carbocycles. The summed E-state index contributed by atoms with van der Waals surface area (Å²) in [5.41, 5.74) is 2.53. The van der Waals surface area contributed by atoms with Crippen LogP contribution in [-0.2, 0) is 16.0 Å². The van der Waals surface area contributed by atoms with Crippen molar-refractivity contribution in [3.05, 3.63) is 70.1 Å². The largest absolute Gasteiger partial charge is 0.497 e. The molecule has 0 saturated carbocycles. The summed E-state index contributed by atoms with van der Waals surface area (Å²) in [4.78, 5) is 48.5. The number of benzene rings is 2. The second kappa shape index (κ2) is 8.09. The molecule has 9 heteroatoms. The van der Waals surface area contributed by atoms with E-state index >= 15 is 0 Å². The maximum absolute atomic E-state index is 13.5. The van der Waals surface area contributed by atoms with Crippen LogP contribution in [0, 0.1) is 0 Å². The number of H-pyrrole nitrogens is 2. The number of hydrogen-bond donors (Lipinski definition) is 2. The summed E-state index contributed by atoms with van der Waals surface area (Å²) in [6.45, 7) is 1.99. The Kier molecular flexibility index (Phi) is 5.08. The van der Waals surface area contributed by atoms with Gasteiger partial charge in [-0.25, -0.2) is 9.88 Å². The van der Waals surface area contributed by atoms with E-state index in [0.29, 0.717) is 35.1 Å². The third-order valence-electron chi connectivity index (χ3n) is 5.90. The first-order chi connectivity index (χ1) is 16.0. The van der Waals surface area contributed by atoms with E-state index in [1.54, 1.807) is 24.3 Å². The normalized spacial score (nSPS) is 16.2. The number of imide groups is 1. The van der Waals surface area contributed by atoms with E-state index in [1.165, 1.54) is 11.8 Å². The lowest BCUT2D eigenvalue weighted by Gasteiger charge is -2.15. The second-order valence-electron chi connectivity index (χ2n) is 8.00. The molecule has 33 heavy (non-hydrogen) atoms. The molecule has 1 atom stereocenters. The molecule has 5 rings (SSSR count). The SMILES string of the molecule is CCCc1[nH]n(-c2nc3ccccc3[nH]2)c(=O)c1[C@@H]1CC(=O)N(c2cccc(OC)c2)C1=O. The average molecular weight is 445 g/mol. The van der Waals surface area contributed by atoms with Gasteiger partial charge in [-0.1, -0.05) is 31.5 Å². The molecule has 2 N–H and O–H groups in total. The zero-order valence-corrected chi connectivity index (χ0v) is 18.3. The number of carbonyl (C=O) groups excluding carboxylic acids is 2. The fourth-order valence-corrected chi connectivity index (χ4v) is 4.37. The van der Waals surface area contributed by atoms with Crippen molar-refractivity contribution in [2.75, 3.05) is 12.0 Å². The highest BCUT2D eigenvalue weighted by atomic mass is 16.5. The van der Waals surface area contributed by atoms with Gasteiger partial charge in [0.1, 0.15) is 5.75 Å². The summed E-state index contributed by atoms with van der Waals surface area (Å²) in [5.74, 6) is -0.752. The summed E-state index contributed by atoms with van der Waals surface area (Å²) in [6, 6.07) is 14.2. The fraction of sp³-hybridized carbons (Fsp3) is 0.250. The van der Waals surface area contributed by atoms with Crippen LogP contribution in [0.1, 0.15) is 36.9 Å². The number of amides is 2. The van der Waals surface area contributed by atoms with Gasteiger partial charge in [-0.15, -0.1) is 0 Å². The number of hydrogen-bond acceptors (Lipinski definition) is 5. The van der Waals surface area contributed by atoms with Crippen LogP contribution in [0.4, 0.5) is 5.69 Å². The number of anilines is 1. The van der Waals surface area contributed by atoms with Crippen LogP contribution in [0.5, 0.6) is 5.75 Å². The molecule has 168 valence electrons. The van der Waals surface area contributed by atoms with E-state index < -0.39 is 11.8 Å². The summed E-state index contributed by atoms with van der Waals surface area (Å²) in [5, 5.41) is 3.12. The Morgan fingerprint density at radius 1 is 1.12 bits per heavy atom. The third-order valence-corrected chi connectivity index (χ3v) is 5.90. The molecule has 4 aromatic rings. The maximum Gasteiger partial charge on any atom is 0.278 e. The van der Waals surface area contributed by atoms with E-state index in [2.05, 4.69) is 15.1 Å². The Balaban J connectivity index is 1.58. The van der Waals surface area contributed by atoms with E-state index in [-0.39, 0.29) is 17.9 Å². The number of nitrogens with zero attached hydrogens (tertiary/aromatic N) is 3. The van der Waals surface area contributed by atoms with E-state index in [4.69, 9.17) is 4.74 Å². The lowest BCUT2D eigenvalue weighted by atomic mass is 9.96. The molecule has 0 bridgehead atoms. The predicted octanol–water partition coefficient (Wildman–Crippen LogP) is 3.05. The minimum absolute atomic E-state index is 0.0695. The summed E-state index contributed by atoms with van der Waals surface area (Å²) >= 11 is 0. The van der Waals surface area contributed by atoms with Crippen molar-refractivity contribution in [3.63, 3.8) is 0 Å². The monoisotopic (exact) mass is 445 g/mol. The predicted molar refractivity (Wildman–Crippen MR) is 123 cm³/mol. The summed E-state index contributed by atoms with van der Waals surface area (Å²) in [6.07, 6.45) is 1.26. The van der Waals surface area contributed by atoms with Gasteiger partial charge in [0.15, 0.2) is 0 Å². The molecule has 3 heterocycles. The van der Waals surface area contributed by atoms with Crippen molar-refractivity contribution < 1.29 is 14.3 Å². The van der Waals surface area contributed by atoms with E-state index in [9.17, 15) is 14.4 Å². The first-order valence-corrected chi connectivity index (χ1v) is 10.8. The Morgan fingerprint density at radius 3 is 2.70 bits per heavy atom. The number of aryl methyl sites for hydroxylation is 1. The van der Waals surface area contributed by atoms with Crippen LogP contribution in [0.3, 0.4) is 0 Å². The standard InChI is InChI=1S/C24H23N5O4/c1-3-7-19-21(23(32)29(27-19)24-25-17-10-4-5-11-18(17)26-24)16-13-20(30)28(22(16)31)14-8-6-9-15(12-14)33-2/h4-6,8-12,16,27H,3,7,13H2,1-2H3,(H,25,26)/t16-/m0/s1. The number of carbonyl (C=O) groups is 2. The Hall–Kier alpha value is -4.14. The number of fused-ring (bicyclic) bond motifs is 1. The lowest BCUT2D eigenvalue weighted by molar-refractivity contribution is -0.121. The van der Waals surface area contributed by atoms with Crippen molar-refractivity contribution in [1.29, 1.82) is 0 Å². The number of aromatic amines is 2. The minimum Gasteiger partial charge on any atom is -0.497 e. The molecule has 9 nitrogen and oxygen atoms in total. The maximum atomic E-state index is 13.5. The van der Waals surface area contributed by atoms with Gasteiger partial charge in [-0.2, -0.15) is 4.68 Å². The Labute approximate surface area is 189 Å². The number of aromatic nitrogens is 4. The van der Waals surface area contributed by atoms with Gasteiger partial charge in [-0.05, 0) is 30.7 Å². The van der Waals surface area contributed by atoms with Crippen molar-refractivity contribution in [3.8, 4) is 11.7 Å². The van der Waals surface area contributed by atoms with Crippen LogP contribution < -0.4 is 15.2 Å². The zero-order valence-electron chi connectivity index (χ0n) is 18.3. The van der Waals surface area contributed by atoms with E-state index in [1.807, 2.05) is 31.2 Å². The van der Waals surface area contributed by atoms with Crippen molar-refractivity contribution in [1.82, 2.24) is 19.7 Å². The van der Waals surface area contributed by atoms with Crippen LogP contribution >= 0.6 is 0 Å². The van der Waals surface area contributed by atoms with Gasteiger partial charge in [0.25, 0.3) is 5.56 Å². The van der Waals surface area contributed by atoms with Gasteiger partial charge in [0.2, 0.25) is 17.8 Å². The molecule has 1 fully saturated rings. The summed E-state index contributed by atoms with van der Waals surface area (Å²) in [7, 11) is 1.52. The van der Waals surface area contributed by atoms with Gasteiger partial charge in [0.05, 0.1) is 35.3 Å².